The lowest BCUT2D eigenvalue weighted by Crippen LogP contribution is -2.37. The lowest BCUT2D eigenvalue weighted by atomic mass is 9.79. The number of hydrogen-bond acceptors (Lipinski definition) is 8. The minimum absolute atomic E-state index is 0.177. The first kappa shape index (κ1) is 22.7. The molecule has 3 aliphatic carbocycles. The zero-order chi connectivity index (χ0) is 24.2. The zero-order valence-corrected chi connectivity index (χ0v) is 20.6. The van der Waals surface area contributed by atoms with Crippen molar-refractivity contribution < 1.29 is 9.63 Å². The Morgan fingerprint density at radius 1 is 1.14 bits per heavy atom. The van der Waals surface area contributed by atoms with Crippen molar-refractivity contribution in [2.45, 2.75) is 96.2 Å². The largest absolute Gasteiger partial charge is 0.439 e. The first-order valence-corrected chi connectivity index (χ1v) is 13.2. The molecule has 3 saturated carbocycles. The van der Waals surface area contributed by atoms with Gasteiger partial charge in [-0.2, -0.15) is 0 Å². The molecule has 3 N–H and O–H groups in total. The van der Waals surface area contributed by atoms with Crippen LogP contribution in [0.15, 0.2) is 9.32 Å². The second-order valence-corrected chi connectivity index (χ2v) is 11.2. The molecule has 0 saturated heterocycles. The van der Waals surface area contributed by atoms with Crippen LogP contribution in [-0.2, 0) is 12.1 Å². The van der Waals surface area contributed by atoms with E-state index in [1.807, 2.05) is 0 Å². The van der Waals surface area contributed by atoms with Crippen LogP contribution in [0.1, 0.15) is 83.9 Å². The quantitative estimate of drug-likeness (QED) is 0.461. The van der Waals surface area contributed by atoms with Crippen molar-refractivity contribution in [3.05, 3.63) is 16.4 Å². The molecule has 3 heterocycles. The number of nitrogens with zero attached hydrogens (tertiary/aromatic N) is 5. The first-order valence-electron chi connectivity index (χ1n) is 13.2. The van der Waals surface area contributed by atoms with Crippen molar-refractivity contribution in [3.63, 3.8) is 0 Å². The van der Waals surface area contributed by atoms with Gasteiger partial charge in [-0.25, -0.2) is 19.7 Å². The van der Waals surface area contributed by atoms with Crippen LogP contribution in [-0.4, -0.2) is 40.8 Å². The van der Waals surface area contributed by atoms with E-state index in [-0.39, 0.29) is 17.7 Å². The van der Waals surface area contributed by atoms with Crippen LogP contribution >= 0.6 is 0 Å². The molecule has 0 amide bonds. The summed E-state index contributed by atoms with van der Waals surface area (Å²) in [6.45, 7) is 5.33. The maximum Gasteiger partial charge on any atom is 0.439 e. The summed E-state index contributed by atoms with van der Waals surface area (Å²) < 4.78 is 6.90. The van der Waals surface area contributed by atoms with Gasteiger partial charge in [0.25, 0.3) is 0 Å². The first-order chi connectivity index (χ1) is 16.9. The van der Waals surface area contributed by atoms with Gasteiger partial charge in [-0.15, -0.1) is 0 Å². The highest BCUT2D eigenvalue weighted by Crippen LogP contribution is 2.43. The Morgan fingerprint density at radius 2 is 1.91 bits per heavy atom. The number of nitrogens with one attached hydrogen (secondary N) is 2. The summed E-state index contributed by atoms with van der Waals surface area (Å²) in [4.78, 5) is 28.5. The van der Waals surface area contributed by atoms with Crippen LogP contribution in [0.5, 0.6) is 0 Å². The number of rotatable bonds is 7. The summed E-state index contributed by atoms with van der Waals surface area (Å²) in [6.07, 6.45) is 10.9. The molecule has 3 aliphatic rings. The van der Waals surface area contributed by atoms with Crippen LogP contribution in [0.3, 0.4) is 0 Å². The fourth-order valence-electron chi connectivity index (χ4n) is 5.88. The molecule has 0 radical (unpaired) electrons. The molecule has 0 unspecified atom stereocenters. The predicted molar refractivity (Wildman–Crippen MR) is 131 cm³/mol. The normalized spacial score (nSPS) is 25.2. The van der Waals surface area contributed by atoms with E-state index in [1.165, 1.54) is 44.9 Å². The fraction of sp³-hybridized carbons (Fsp3) is 0.720. The van der Waals surface area contributed by atoms with Crippen LogP contribution < -0.4 is 11.1 Å². The Morgan fingerprint density at radius 3 is 2.51 bits per heavy atom. The lowest BCUT2D eigenvalue weighted by molar-refractivity contribution is -0.0497. The van der Waals surface area contributed by atoms with E-state index in [2.05, 4.69) is 38.9 Å². The van der Waals surface area contributed by atoms with E-state index in [9.17, 15) is 9.90 Å². The topological polar surface area (TPSA) is 135 Å². The molecular formula is C25H35N7O3. The second-order valence-electron chi connectivity index (χ2n) is 11.2. The molecule has 35 heavy (non-hydrogen) atoms. The van der Waals surface area contributed by atoms with Gasteiger partial charge in [0.1, 0.15) is 16.9 Å². The average Bonchev–Trinajstić information content (AvgIpc) is 3.36. The number of aromatic amines is 1. The standard InChI is InChI=1S/C25H35N7O3/c1-14-7-9-16(10-8-14)13-32-18-19(26-15(2)17-5-3-6-17)27-21(22-30-24(33)35-31-22)28-20(18)29-23(32)25(34)11-4-12-25/h14-17,34H,3-13H2,1-2H3,(H,26,27,28)(H,30,31,33)/t14-,15-,16-/m1/s1. The highest BCUT2D eigenvalue weighted by molar-refractivity contribution is 5.86. The molecule has 10 nitrogen and oxygen atoms in total. The summed E-state index contributed by atoms with van der Waals surface area (Å²) in [5.41, 5.74) is 0.420. The molecule has 6 rings (SSSR count). The van der Waals surface area contributed by atoms with Crippen LogP contribution in [0.4, 0.5) is 5.82 Å². The predicted octanol–water partition coefficient (Wildman–Crippen LogP) is 3.97. The molecule has 0 spiro atoms. The van der Waals surface area contributed by atoms with Gasteiger partial charge < -0.3 is 15.0 Å². The van der Waals surface area contributed by atoms with Gasteiger partial charge in [-0.1, -0.05) is 31.3 Å². The molecule has 3 fully saturated rings. The van der Waals surface area contributed by atoms with Crippen molar-refractivity contribution in [2.24, 2.45) is 17.8 Å². The minimum atomic E-state index is -0.929. The molecule has 10 heteroatoms. The number of imidazole rings is 1. The van der Waals surface area contributed by atoms with Gasteiger partial charge in [-0.05, 0) is 69.6 Å². The number of hydrogen-bond donors (Lipinski definition) is 3. The summed E-state index contributed by atoms with van der Waals surface area (Å²) in [7, 11) is 0. The summed E-state index contributed by atoms with van der Waals surface area (Å²) in [5, 5.41) is 18.9. The highest BCUT2D eigenvalue weighted by Gasteiger charge is 2.42. The van der Waals surface area contributed by atoms with E-state index in [0.717, 1.165) is 24.4 Å². The van der Waals surface area contributed by atoms with Gasteiger partial charge in [0, 0.05) is 12.6 Å². The molecule has 3 aromatic heterocycles. The van der Waals surface area contributed by atoms with Crippen LogP contribution in [0.25, 0.3) is 22.8 Å². The van der Waals surface area contributed by atoms with Crippen LogP contribution in [0.2, 0.25) is 0 Å². The van der Waals surface area contributed by atoms with E-state index in [0.29, 0.717) is 42.0 Å². The van der Waals surface area contributed by atoms with E-state index < -0.39 is 11.4 Å². The monoisotopic (exact) mass is 481 g/mol. The van der Waals surface area contributed by atoms with E-state index >= 15 is 0 Å². The lowest BCUT2D eigenvalue weighted by Gasteiger charge is -2.37. The van der Waals surface area contributed by atoms with Crippen molar-refractivity contribution in [3.8, 4) is 11.6 Å². The summed E-state index contributed by atoms with van der Waals surface area (Å²) in [5.74, 6) is 3.07. The number of fused-ring (bicyclic) bond motifs is 1. The van der Waals surface area contributed by atoms with Gasteiger partial charge in [0.15, 0.2) is 11.5 Å². The number of H-pyrrole nitrogens is 1. The molecule has 3 aromatic rings. The second kappa shape index (κ2) is 8.72. The SMILES string of the molecule is C[C@@H](Nc1nc(-c2noc(=O)[nH]2)nc2nc(C3(O)CCC3)n(C[C@H]3CC[C@H](C)CC3)c12)C1CCC1. The third-order valence-electron chi connectivity index (χ3n) is 8.65. The molecule has 1 atom stereocenters. The summed E-state index contributed by atoms with van der Waals surface area (Å²) in [6, 6.07) is 0.236. The molecule has 188 valence electrons. The maximum absolute atomic E-state index is 11.6. The third-order valence-corrected chi connectivity index (χ3v) is 8.65. The van der Waals surface area contributed by atoms with Crippen molar-refractivity contribution in [1.29, 1.82) is 0 Å². The number of aromatic nitrogens is 6. The number of aliphatic hydroxyl groups is 1. The smallest absolute Gasteiger partial charge is 0.382 e. The Balaban J connectivity index is 1.48. The Bertz CT molecular complexity index is 1260. The Kier molecular flexibility index (Phi) is 5.66. The van der Waals surface area contributed by atoms with Crippen molar-refractivity contribution in [2.75, 3.05) is 5.32 Å². The minimum Gasteiger partial charge on any atom is -0.382 e. The van der Waals surface area contributed by atoms with Gasteiger partial charge >= 0.3 is 5.76 Å². The van der Waals surface area contributed by atoms with Crippen molar-refractivity contribution >= 4 is 17.0 Å². The molecule has 0 bridgehead atoms. The molecule has 0 aliphatic heterocycles. The van der Waals surface area contributed by atoms with Gasteiger partial charge in [0.2, 0.25) is 11.6 Å². The maximum atomic E-state index is 11.6. The Hall–Kier alpha value is -2.75. The zero-order valence-electron chi connectivity index (χ0n) is 20.6. The summed E-state index contributed by atoms with van der Waals surface area (Å²) >= 11 is 0. The van der Waals surface area contributed by atoms with Gasteiger partial charge in [-0.3, -0.25) is 9.51 Å². The van der Waals surface area contributed by atoms with E-state index in [4.69, 9.17) is 14.5 Å². The third kappa shape index (κ3) is 4.15. The Labute approximate surface area is 203 Å². The highest BCUT2D eigenvalue weighted by atomic mass is 16.5. The van der Waals surface area contributed by atoms with Gasteiger partial charge in [0.05, 0.1) is 0 Å². The van der Waals surface area contributed by atoms with E-state index in [1.54, 1.807) is 0 Å². The van der Waals surface area contributed by atoms with Crippen molar-refractivity contribution in [1.82, 2.24) is 29.7 Å². The number of anilines is 1. The molecule has 0 aromatic carbocycles. The van der Waals surface area contributed by atoms with Crippen LogP contribution in [0, 0.1) is 17.8 Å². The molecular weight excluding hydrogens is 446 g/mol. The fourth-order valence-corrected chi connectivity index (χ4v) is 5.88. The average molecular weight is 482 g/mol.